The number of alkyl halides is 3. The number of benzene rings is 3. The first kappa shape index (κ1) is 11.6. The van der Waals surface area contributed by atoms with Crippen LogP contribution in [0.15, 0.2) is 66.7 Å². The normalized spacial score (nSPS) is 16.1. The van der Waals surface area contributed by atoms with Gasteiger partial charge in [0.05, 0.1) is 22.3 Å². The highest BCUT2D eigenvalue weighted by molar-refractivity contribution is 5.84. The van der Waals surface area contributed by atoms with Crippen molar-refractivity contribution in [2.45, 2.75) is 19.9 Å². The molecule has 0 N–H and O–H groups in total. The largest absolute Gasteiger partial charge is 0.416 e. The van der Waals surface area contributed by atoms with Gasteiger partial charge in [-0.25, -0.2) is 4.98 Å². The summed E-state index contributed by atoms with van der Waals surface area (Å²) in [6.45, 7) is -5.31. The molecule has 4 rings (SSSR count). The highest BCUT2D eigenvalue weighted by Gasteiger charge is 2.30. The van der Waals surface area contributed by atoms with E-state index in [4.69, 9.17) is 8.22 Å². The van der Waals surface area contributed by atoms with Gasteiger partial charge in [0, 0.05) is 13.8 Å². The van der Waals surface area contributed by atoms with E-state index in [1.54, 1.807) is 24.3 Å². The van der Waals surface area contributed by atoms with Crippen LogP contribution in [0.3, 0.4) is 0 Å². The zero-order chi connectivity index (χ0) is 24.2. The molecule has 0 aliphatic heterocycles. The Bertz CT molecular complexity index is 1290. The van der Waals surface area contributed by atoms with Gasteiger partial charge in [-0.15, -0.1) is 0 Å². The van der Waals surface area contributed by atoms with Crippen molar-refractivity contribution in [1.82, 2.24) is 9.55 Å². The Hall–Kier alpha value is -3.08. The van der Waals surface area contributed by atoms with Gasteiger partial charge < -0.3 is 0 Å². The summed E-state index contributed by atoms with van der Waals surface area (Å²) in [4.78, 5) is 4.51. The molecule has 0 spiro atoms. The zero-order valence-corrected chi connectivity index (χ0v) is 13.9. The van der Waals surface area contributed by atoms with E-state index in [2.05, 4.69) is 4.98 Å². The lowest BCUT2D eigenvalue weighted by Crippen LogP contribution is -2.05. The van der Waals surface area contributed by atoms with E-state index in [0.29, 0.717) is 11.0 Å². The number of aryl methyl sites for hydroxylation is 2. The van der Waals surface area contributed by atoms with Gasteiger partial charge in [0.2, 0.25) is 0 Å². The number of hydrogen-bond acceptors (Lipinski definition) is 1. The van der Waals surface area contributed by atoms with Crippen molar-refractivity contribution in [2.24, 2.45) is 0 Å². The van der Waals surface area contributed by atoms with E-state index in [-0.39, 0.29) is 28.2 Å². The lowest BCUT2D eigenvalue weighted by molar-refractivity contribution is -0.137. The van der Waals surface area contributed by atoms with Crippen molar-refractivity contribution in [1.29, 1.82) is 0 Å². The van der Waals surface area contributed by atoms with Gasteiger partial charge in [-0.05, 0) is 49.1 Å². The summed E-state index contributed by atoms with van der Waals surface area (Å²) in [7, 11) is 0. The van der Waals surface area contributed by atoms with E-state index < -0.39 is 25.4 Å². The first-order chi connectivity index (χ1) is 15.3. The first-order valence-corrected chi connectivity index (χ1v) is 8.08. The van der Waals surface area contributed by atoms with E-state index in [0.717, 1.165) is 12.1 Å². The van der Waals surface area contributed by atoms with Crippen LogP contribution in [0.5, 0.6) is 0 Å². The summed E-state index contributed by atoms with van der Waals surface area (Å²) < 4.78 is 88.5. The Labute approximate surface area is 163 Å². The van der Waals surface area contributed by atoms with Crippen LogP contribution in [-0.4, -0.2) is 9.55 Å². The molecule has 3 aromatic carbocycles. The topological polar surface area (TPSA) is 17.8 Å². The Balaban J connectivity index is 2.10. The number of nitrogens with zero attached hydrogens (tertiary/aromatic N) is 2. The third-order valence-corrected chi connectivity index (χ3v) is 4.29. The molecule has 0 aliphatic rings. The summed E-state index contributed by atoms with van der Waals surface area (Å²) >= 11 is 0. The van der Waals surface area contributed by atoms with Crippen LogP contribution >= 0.6 is 0 Å². The number of imidazole rings is 1. The molecule has 0 aliphatic carbocycles. The van der Waals surface area contributed by atoms with Gasteiger partial charge >= 0.3 is 6.18 Å². The number of aromatic nitrogens is 2. The average molecular weight is 372 g/mol. The van der Waals surface area contributed by atoms with Gasteiger partial charge in [-0.2, -0.15) is 13.2 Å². The van der Waals surface area contributed by atoms with Crippen molar-refractivity contribution < 1.29 is 21.4 Å². The van der Waals surface area contributed by atoms with Crippen molar-refractivity contribution in [3.63, 3.8) is 0 Å². The second-order valence-electron chi connectivity index (χ2n) is 6.04. The number of para-hydroxylation sites is 3. The SMILES string of the molecule is [2H]C([2H])([2H])c1cccc(C([2H])([2H])[2H])c1-n1c(-c2ccc(C(F)(F)F)cc2)nc2ccccc21. The van der Waals surface area contributed by atoms with E-state index in [1.807, 2.05) is 0 Å². The highest BCUT2D eigenvalue weighted by atomic mass is 19.4. The van der Waals surface area contributed by atoms with Gasteiger partial charge in [0.25, 0.3) is 0 Å². The van der Waals surface area contributed by atoms with Crippen LogP contribution in [0.4, 0.5) is 13.2 Å². The van der Waals surface area contributed by atoms with Crippen LogP contribution in [-0.2, 0) is 6.18 Å². The fraction of sp³-hybridized carbons (Fsp3) is 0.136. The molecular weight excluding hydrogens is 349 g/mol. The van der Waals surface area contributed by atoms with Crippen molar-refractivity contribution >= 4 is 11.0 Å². The van der Waals surface area contributed by atoms with E-state index in [1.165, 1.54) is 34.9 Å². The lowest BCUT2D eigenvalue weighted by atomic mass is 10.1. The summed E-state index contributed by atoms with van der Waals surface area (Å²) in [5.74, 6) is 0.132. The molecular formula is C22H17F3N2. The number of fused-ring (bicyclic) bond motifs is 1. The first-order valence-electron chi connectivity index (χ1n) is 11.1. The van der Waals surface area contributed by atoms with Crippen molar-refractivity contribution in [3.05, 3.63) is 83.4 Å². The summed E-state index contributed by atoms with van der Waals surface area (Å²) in [6, 6.07) is 15.0. The molecule has 2 nitrogen and oxygen atoms in total. The smallest absolute Gasteiger partial charge is 0.292 e. The Morgan fingerprint density at radius 3 is 2.15 bits per heavy atom. The molecule has 0 fully saturated rings. The minimum absolute atomic E-state index is 0.0823. The fourth-order valence-electron chi connectivity index (χ4n) is 3.04. The second-order valence-corrected chi connectivity index (χ2v) is 6.04. The fourth-order valence-corrected chi connectivity index (χ4v) is 3.04. The molecule has 0 bridgehead atoms. The second kappa shape index (κ2) is 6.27. The number of halogens is 3. The van der Waals surface area contributed by atoms with Crippen molar-refractivity contribution in [3.8, 4) is 17.1 Å². The molecule has 0 atom stereocenters. The molecule has 0 saturated carbocycles. The highest BCUT2D eigenvalue weighted by Crippen LogP contribution is 2.34. The van der Waals surface area contributed by atoms with Crippen LogP contribution in [0, 0.1) is 13.7 Å². The maximum Gasteiger partial charge on any atom is 0.416 e. The third kappa shape index (κ3) is 2.99. The molecule has 0 unspecified atom stereocenters. The predicted molar refractivity (Wildman–Crippen MR) is 101 cm³/mol. The molecule has 1 aromatic heterocycles. The van der Waals surface area contributed by atoms with Crippen molar-refractivity contribution in [2.75, 3.05) is 0 Å². The molecule has 27 heavy (non-hydrogen) atoms. The van der Waals surface area contributed by atoms with Crippen LogP contribution in [0.2, 0.25) is 0 Å². The number of hydrogen-bond donors (Lipinski definition) is 0. The molecule has 5 heteroatoms. The Kier molecular flexibility index (Phi) is 2.69. The summed E-state index contributed by atoms with van der Waals surface area (Å²) in [5, 5.41) is 0. The molecule has 1 heterocycles. The molecule has 4 aromatic rings. The summed E-state index contributed by atoms with van der Waals surface area (Å²) in [5.41, 5.74) is -0.198. The monoisotopic (exact) mass is 372 g/mol. The maximum absolute atomic E-state index is 13.1. The molecule has 0 radical (unpaired) electrons. The maximum atomic E-state index is 13.1. The Morgan fingerprint density at radius 1 is 0.852 bits per heavy atom. The molecule has 136 valence electrons. The van der Waals surface area contributed by atoms with Crippen LogP contribution < -0.4 is 0 Å². The molecule has 0 saturated heterocycles. The Morgan fingerprint density at radius 2 is 1.52 bits per heavy atom. The quantitative estimate of drug-likeness (QED) is 0.402. The minimum Gasteiger partial charge on any atom is -0.292 e. The summed E-state index contributed by atoms with van der Waals surface area (Å²) in [6.07, 6.45) is -4.53. The van der Waals surface area contributed by atoms with E-state index in [9.17, 15) is 13.2 Å². The van der Waals surface area contributed by atoms with Crippen LogP contribution in [0.1, 0.15) is 24.9 Å². The third-order valence-electron chi connectivity index (χ3n) is 4.29. The lowest BCUT2D eigenvalue weighted by Gasteiger charge is -2.15. The predicted octanol–water partition coefficient (Wildman–Crippen LogP) is 6.33. The van der Waals surface area contributed by atoms with E-state index >= 15 is 0 Å². The molecule has 0 amide bonds. The zero-order valence-electron chi connectivity index (χ0n) is 19.9. The number of rotatable bonds is 2. The standard InChI is InChI=1S/C22H17F3N2/c1-14-6-5-7-15(2)20(14)27-19-9-4-3-8-18(19)26-21(27)16-10-12-17(13-11-16)22(23,24)25/h3-13H,1-2H3/i1D3,2D3. The van der Waals surface area contributed by atoms with Gasteiger partial charge in [-0.1, -0.05) is 42.5 Å². The minimum atomic E-state index is -4.53. The average Bonchev–Trinajstić information content (AvgIpc) is 3.10. The van der Waals surface area contributed by atoms with Gasteiger partial charge in [0.1, 0.15) is 5.82 Å². The van der Waals surface area contributed by atoms with Gasteiger partial charge in [-0.3, -0.25) is 4.57 Å². The van der Waals surface area contributed by atoms with Crippen LogP contribution in [0.25, 0.3) is 28.1 Å². The van der Waals surface area contributed by atoms with Gasteiger partial charge in [0.15, 0.2) is 0 Å².